The first-order valence-electron chi connectivity index (χ1n) is 8.45. The summed E-state index contributed by atoms with van der Waals surface area (Å²) in [5.74, 6) is 0.780. The summed E-state index contributed by atoms with van der Waals surface area (Å²) >= 11 is 0. The van der Waals surface area contributed by atoms with Gasteiger partial charge in [-0.2, -0.15) is 0 Å². The number of rotatable bonds is 6. The van der Waals surface area contributed by atoms with Gasteiger partial charge in [0.05, 0.1) is 24.5 Å². The summed E-state index contributed by atoms with van der Waals surface area (Å²) in [5.41, 5.74) is 1.07. The number of hydrogen-bond donors (Lipinski definition) is 2. The third kappa shape index (κ3) is 3.69. The molecule has 134 valence electrons. The molecular formula is C20H20N2O4. The van der Waals surface area contributed by atoms with Crippen molar-refractivity contribution < 1.29 is 14.3 Å². The van der Waals surface area contributed by atoms with E-state index in [1.54, 1.807) is 36.4 Å². The second-order valence-electron chi connectivity index (χ2n) is 5.57. The van der Waals surface area contributed by atoms with Gasteiger partial charge in [-0.15, -0.1) is 0 Å². The molecule has 6 nitrogen and oxygen atoms in total. The van der Waals surface area contributed by atoms with Gasteiger partial charge in [-0.1, -0.05) is 18.2 Å². The number of fused-ring (bicyclic) bond motifs is 1. The average Bonchev–Trinajstić information content (AvgIpc) is 2.63. The van der Waals surface area contributed by atoms with Gasteiger partial charge < -0.3 is 19.8 Å². The fraction of sp³-hybridized carbons (Fsp3) is 0.200. The van der Waals surface area contributed by atoms with Gasteiger partial charge in [0.1, 0.15) is 11.5 Å². The lowest BCUT2D eigenvalue weighted by Gasteiger charge is -2.14. The molecule has 6 heteroatoms. The van der Waals surface area contributed by atoms with Crippen molar-refractivity contribution in [2.24, 2.45) is 0 Å². The van der Waals surface area contributed by atoms with Gasteiger partial charge in [-0.3, -0.25) is 9.59 Å². The minimum Gasteiger partial charge on any atom is -0.494 e. The molecule has 0 atom stereocenters. The lowest BCUT2D eigenvalue weighted by molar-refractivity contribution is 0.102. The summed E-state index contributed by atoms with van der Waals surface area (Å²) in [6.45, 7) is 4.73. The Labute approximate surface area is 150 Å². The molecule has 0 saturated heterocycles. The van der Waals surface area contributed by atoms with E-state index < -0.39 is 0 Å². The first-order valence-corrected chi connectivity index (χ1v) is 8.45. The first kappa shape index (κ1) is 17.5. The van der Waals surface area contributed by atoms with Crippen LogP contribution in [0, 0.1) is 0 Å². The van der Waals surface area contributed by atoms with Crippen molar-refractivity contribution in [2.45, 2.75) is 13.8 Å². The van der Waals surface area contributed by atoms with Crippen LogP contribution in [-0.2, 0) is 0 Å². The van der Waals surface area contributed by atoms with Gasteiger partial charge in [0, 0.05) is 23.0 Å². The molecule has 1 aromatic heterocycles. The summed E-state index contributed by atoms with van der Waals surface area (Å²) < 4.78 is 11.1. The van der Waals surface area contributed by atoms with E-state index in [2.05, 4.69) is 10.3 Å². The molecule has 0 spiro atoms. The average molecular weight is 352 g/mol. The van der Waals surface area contributed by atoms with Gasteiger partial charge in [-0.25, -0.2) is 0 Å². The largest absolute Gasteiger partial charge is 0.494 e. The maximum absolute atomic E-state index is 12.8. The fourth-order valence-electron chi connectivity index (χ4n) is 2.73. The van der Waals surface area contributed by atoms with Gasteiger partial charge >= 0.3 is 0 Å². The standard InChI is InChI=1S/C20H20N2O4/c1-3-25-13-9-10-18(26-4-2)17(11-13)22-20(24)15-12-19(23)21-16-8-6-5-7-14(15)16/h5-12H,3-4H2,1-2H3,(H,21,23)(H,22,24). The number of carbonyl (C=O) groups is 1. The van der Waals surface area contributed by atoms with Crippen molar-refractivity contribution in [3.8, 4) is 11.5 Å². The van der Waals surface area contributed by atoms with Crippen molar-refractivity contribution in [2.75, 3.05) is 18.5 Å². The van der Waals surface area contributed by atoms with Gasteiger partial charge in [0.15, 0.2) is 0 Å². The van der Waals surface area contributed by atoms with Crippen molar-refractivity contribution in [1.82, 2.24) is 4.98 Å². The van der Waals surface area contributed by atoms with Crippen LogP contribution in [0.15, 0.2) is 53.3 Å². The molecule has 0 aliphatic heterocycles. The number of anilines is 1. The highest BCUT2D eigenvalue weighted by Crippen LogP contribution is 2.30. The van der Waals surface area contributed by atoms with Crippen LogP contribution in [0.1, 0.15) is 24.2 Å². The topological polar surface area (TPSA) is 80.4 Å². The molecule has 1 amide bonds. The third-order valence-corrected chi connectivity index (χ3v) is 3.81. The molecule has 3 aromatic rings. The quantitative estimate of drug-likeness (QED) is 0.711. The van der Waals surface area contributed by atoms with Crippen LogP contribution in [0.4, 0.5) is 5.69 Å². The highest BCUT2D eigenvalue weighted by Gasteiger charge is 2.15. The molecule has 2 aromatic carbocycles. The zero-order chi connectivity index (χ0) is 18.5. The number of pyridine rings is 1. The SMILES string of the molecule is CCOc1ccc(OCC)c(NC(=O)c2cc(=O)[nH]c3ccccc23)c1. The molecule has 0 radical (unpaired) electrons. The molecule has 0 bridgehead atoms. The number of hydrogen-bond acceptors (Lipinski definition) is 4. The monoisotopic (exact) mass is 352 g/mol. The summed E-state index contributed by atoms with van der Waals surface area (Å²) in [5, 5.41) is 3.50. The van der Waals surface area contributed by atoms with E-state index in [-0.39, 0.29) is 11.5 Å². The van der Waals surface area contributed by atoms with E-state index in [4.69, 9.17) is 9.47 Å². The maximum Gasteiger partial charge on any atom is 0.256 e. The number of aromatic amines is 1. The summed E-state index contributed by atoms with van der Waals surface area (Å²) in [6, 6.07) is 13.7. The predicted octanol–water partition coefficient (Wildman–Crippen LogP) is 3.58. The number of amides is 1. The molecule has 26 heavy (non-hydrogen) atoms. The molecule has 3 rings (SSSR count). The summed E-state index contributed by atoms with van der Waals surface area (Å²) in [4.78, 5) is 27.5. The Kier molecular flexibility index (Phi) is 5.22. The Morgan fingerprint density at radius 3 is 2.58 bits per heavy atom. The lowest BCUT2D eigenvalue weighted by atomic mass is 10.1. The van der Waals surface area contributed by atoms with E-state index in [0.717, 1.165) is 0 Å². The third-order valence-electron chi connectivity index (χ3n) is 3.81. The van der Waals surface area contributed by atoms with Crippen LogP contribution < -0.4 is 20.3 Å². The highest BCUT2D eigenvalue weighted by molar-refractivity contribution is 6.12. The number of benzene rings is 2. The van der Waals surface area contributed by atoms with Crippen LogP contribution in [0.25, 0.3) is 10.9 Å². The first-order chi connectivity index (χ1) is 12.6. The normalized spacial score (nSPS) is 10.5. The number of carbonyl (C=O) groups excluding carboxylic acids is 1. The molecule has 0 aliphatic rings. The van der Waals surface area contributed by atoms with E-state index in [9.17, 15) is 9.59 Å². The number of para-hydroxylation sites is 1. The summed E-state index contributed by atoms with van der Waals surface area (Å²) in [6.07, 6.45) is 0. The molecule has 0 unspecified atom stereocenters. The number of aromatic nitrogens is 1. The van der Waals surface area contributed by atoms with Crippen LogP contribution in [0.5, 0.6) is 11.5 Å². The number of H-pyrrole nitrogens is 1. The van der Waals surface area contributed by atoms with Crippen molar-refractivity contribution in [3.63, 3.8) is 0 Å². The Balaban J connectivity index is 2.00. The molecular weight excluding hydrogens is 332 g/mol. The maximum atomic E-state index is 12.8. The van der Waals surface area contributed by atoms with E-state index >= 15 is 0 Å². The van der Waals surface area contributed by atoms with Crippen molar-refractivity contribution >= 4 is 22.5 Å². The Bertz CT molecular complexity index is 995. The highest BCUT2D eigenvalue weighted by atomic mass is 16.5. The molecule has 0 saturated carbocycles. The van der Waals surface area contributed by atoms with Gasteiger partial charge in [-0.05, 0) is 32.0 Å². The minimum atomic E-state index is -0.387. The molecule has 0 fully saturated rings. The van der Waals surface area contributed by atoms with E-state index in [0.29, 0.717) is 46.9 Å². The lowest BCUT2D eigenvalue weighted by Crippen LogP contribution is -2.17. The number of ether oxygens (including phenoxy) is 2. The van der Waals surface area contributed by atoms with Crippen molar-refractivity contribution in [3.05, 3.63) is 64.4 Å². The number of nitrogens with one attached hydrogen (secondary N) is 2. The second-order valence-corrected chi connectivity index (χ2v) is 5.57. The predicted molar refractivity (Wildman–Crippen MR) is 101 cm³/mol. The van der Waals surface area contributed by atoms with Crippen molar-refractivity contribution in [1.29, 1.82) is 0 Å². The van der Waals surface area contributed by atoms with Crippen LogP contribution in [0.3, 0.4) is 0 Å². The van der Waals surface area contributed by atoms with E-state index in [1.807, 2.05) is 19.9 Å². The zero-order valence-electron chi connectivity index (χ0n) is 14.7. The van der Waals surface area contributed by atoms with Crippen LogP contribution in [-0.4, -0.2) is 24.1 Å². The fourth-order valence-corrected chi connectivity index (χ4v) is 2.73. The molecule has 2 N–H and O–H groups in total. The van der Waals surface area contributed by atoms with Gasteiger partial charge in [0.2, 0.25) is 5.56 Å². The smallest absolute Gasteiger partial charge is 0.256 e. The molecule has 1 heterocycles. The molecule has 0 aliphatic carbocycles. The van der Waals surface area contributed by atoms with E-state index in [1.165, 1.54) is 6.07 Å². The Hall–Kier alpha value is -3.28. The second kappa shape index (κ2) is 7.74. The summed E-state index contributed by atoms with van der Waals surface area (Å²) in [7, 11) is 0. The van der Waals surface area contributed by atoms with Crippen LogP contribution >= 0.6 is 0 Å². The Morgan fingerprint density at radius 1 is 1.04 bits per heavy atom. The van der Waals surface area contributed by atoms with Gasteiger partial charge in [0.25, 0.3) is 5.91 Å². The minimum absolute atomic E-state index is 0.300. The van der Waals surface area contributed by atoms with Crippen LogP contribution in [0.2, 0.25) is 0 Å². The zero-order valence-corrected chi connectivity index (χ0v) is 14.7. The Morgan fingerprint density at radius 2 is 1.81 bits per heavy atom.